The molecule has 1 N–H and O–H groups in total. The second kappa shape index (κ2) is 31.4. The maximum absolute atomic E-state index is 12.5. The summed E-state index contributed by atoms with van der Waals surface area (Å²) in [7, 11) is 0. The molecule has 0 aliphatic carbocycles. The second-order valence-electron chi connectivity index (χ2n) is 11.0. The Morgan fingerprint density at radius 2 is 1.07 bits per heavy atom. The van der Waals surface area contributed by atoms with Crippen LogP contribution in [0.2, 0.25) is 0 Å². The molecule has 4 nitrogen and oxygen atoms in total. The third-order valence-electron chi connectivity index (χ3n) is 7.01. The van der Waals surface area contributed by atoms with Gasteiger partial charge in [0.25, 0.3) is 0 Å². The van der Waals surface area contributed by atoms with Crippen molar-refractivity contribution >= 4 is 11.9 Å². The van der Waals surface area contributed by atoms with E-state index in [2.05, 4.69) is 56.4 Å². The number of allylic oxidation sites excluding steroid dienone is 7. The van der Waals surface area contributed by atoms with Gasteiger partial charge in [-0.25, -0.2) is 0 Å². The largest absolute Gasteiger partial charge is 0.481 e. The number of esters is 1. The van der Waals surface area contributed by atoms with Crippen LogP contribution < -0.4 is 0 Å². The van der Waals surface area contributed by atoms with Gasteiger partial charge in [-0.2, -0.15) is 0 Å². The number of carboxylic acid groups (broad SMARTS) is 1. The highest BCUT2D eigenvalue weighted by atomic mass is 16.5. The molecule has 230 valence electrons. The maximum Gasteiger partial charge on any atom is 0.306 e. The summed E-state index contributed by atoms with van der Waals surface area (Å²) in [5, 5.41) is 8.79. The summed E-state index contributed by atoms with van der Waals surface area (Å²) in [4.78, 5) is 23.2. The summed E-state index contributed by atoms with van der Waals surface area (Å²) < 4.78 is 5.82. The van der Waals surface area contributed by atoms with Crippen molar-refractivity contribution in [3.63, 3.8) is 0 Å². The van der Waals surface area contributed by atoms with Crippen molar-refractivity contribution in [2.24, 2.45) is 0 Å². The zero-order valence-electron chi connectivity index (χ0n) is 26.1. The molecule has 0 aromatic heterocycles. The lowest BCUT2D eigenvalue weighted by molar-refractivity contribution is -0.147. The molecule has 0 amide bonds. The van der Waals surface area contributed by atoms with E-state index < -0.39 is 5.97 Å². The fraction of sp³-hybridized carbons (Fsp3) is 0.722. The molecule has 4 heteroatoms. The van der Waals surface area contributed by atoms with E-state index in [1.54, 1.807) is 0 Å². The smallest absolute Gasteiger partial charge is 0.306 e. The number of ether oxygens (including phenoxy) is 1. The van der Waals surface area contributed by atoms with E-state index in [-0.39, 0.29) is 18.5 Å². The second-order valence-corrected chi connectivity index (χ2v) is 11.0. The first-order valence-corrected chi connectivity index (χ1v) is 16.6. The minimum atomic E-state index is -0.730. The van der Waals surface area contributed by atoms with Gasteiger partial charge in [-0.05, 0) is 76.7 Å². The predicted octanol–water partition coefficient (Wildman–Crippen LogP) is 11.2. The third-order valence-corrected chi connectivity index (χ3v) is 7.01. The van der Waals surface area contributed by atoms with Crippen LogP contribution in [-0.4, -0.2) is 23.1 Å². The van der Waals surface area contributed by atoms with Gasteiger partial charge in [-0.3, -0.25) is 9.59 Å². The van der Waals surface area contributed by atoms with Crippen LogP contribution in [0.5, 0.6) is 0 Å². The number of aliphatic carboxylic acids is 1. The monoisotopic (exact) mass is 558 g/mol. The molecule has 0 saturated heterocycles. The fourth-order valence-corrected chi connectivity index (χ4v) is 4.50. The summed E-state index contributed by atoms with van der Waals surface area (Å²) >= 11 is 0. The maximum atomic E-state index is 12.5. The zero-order valence-corrected chi connectivity index (χ0v) is 26.1. The van der Waals surface area contributed by atoms with Crippen LogP contribution in [0.25, 0.3) is 0 Å². The van der Waals surface area contributed by atoms with E-state index in [9.17, 15) is 9.59 Å². The van der Waals surface area contributed by atoms with Crippen LogP contribution in [0.15, 0.2) is 48.6 Å². The predicted molar refractivity (Wildman–Crippen MR) is 172 cm³/mol. The van der Waals surface area contributed by atoms with Crippen LogP contribution in [0.3, 0.4) is 0 Å². The molecule has 0 rings (SSSR count). The third kappa shape index (κ3) is 30.4. The highest BCUT2D eigenvalue weighted by Crippen LogP contribution is 2.14. The van der Waals surface area contributed by atoms with Gasteiger partial charge in [0.05, 0.1) is 0 Å². The Hall–Kier alpha value is -2.10. The quantitative estimate of drug-likeness (QED) is 0.0563. The van der Waals surface area contributed by atoms with Crippen molar-refractivity contribution in [1.82, 2.24) is 0 Å². The van der Waals surface area contributed by atoms with Crippen molar-refractivity contribution in [1.29, 1.82) is 0 Å². The lowest BCUT2D eigenvalue weighted by Crippen LogP contribution is -2.16. The molecule has 0 saturated carbocycles. The van der Waals surface area contributed by atoms with Crippen LogP contribution in [0, 0.1) is 0 Å². The van der Waals surface area contributed by atoms with Crippen molar-refractivity contribution in [2.75, 3.05) is 0 Å². The summed E-state index contributed by atoms with van der Waals surface area (Å²) in [5.74, 6) is -0.826. The molecule has 0 aliphatic rings. The highest BCUT2D eigenvalue weighted by molar-refractivity contribution is 5.69. The molecule has 0 fully saturated rings. The minimum absolute atomic E-state index is 0.0954. The van der Waals surface area contributed by atoms with E-state index in [1.165, 1.54) is 64.2 Å². The first kappa shape index (κ1) is 37.9. The highest BCUT2D eigenvalue weighted by Gasteiger charge is 2.11. The first-order valence-electron chi connectivity index (χ1n) is 16.6. The average Bonchev–Trinajstić information content (AvgIpc) is 2.93. The minimum Gasteiger partial charge on any atom is -0.481 e. The molecule has 40 heavy (non-hydrogen) atoms. The zero-order chi connectivity index (χ0) is 29.4. The lowest BCUT2D eigenvalue weighted by Gasteiger charge is -2.14. The topological polar surface area (TPSA) is 63.6 Å². The van der Waals surface area contributed by atoms with Crippen molar-refractivity contribution in [2.45, 2.75) is 168 Å². The number of hydrogen-bond acceptors (Lipinski definition) is 3. The number of rotatable bonds is 29. The lowest BCUT2D eigenvalue weighted by atomic mass is 10.1. The van der Waals surface area contributed by atoms with E-state index in [4.69, 9.17) is 9.84 Å². The summed E-state index contributed by atoms with van der Waals surface area (Å²) in [6.45, 7) is 4.46. The molecule has 0 radical (unpaired) electrons. The summed E-state index contributed by atoms with van der Waals surface area (Å²) in [6, 6.07) is 0. The van der Waals surface area contributed by atoms with E-state index in [0.29, 0.717) is 12.8 Å². The number of unbranched alkanes of at least 4 members (excludes halogenated alkanes) is 14. The molecule has 0 heterocycles. The van der Waals surface area contributed by atoms with Crippen LogP contribution in [0.4, 0.5) is 0 Å². The molecular weight excluding hydrogens is 496 g/mol. The summed E-state index contributed by atoms with van der Waals surface area (Å²) in [5.41, 5.74) is 0. The molecule has 0 aliphatic heterocycles. The van der Waals surface area contributed by atoms with E-state index >= 15 is 0 Å². The van der Waals surface area contributed by atoms with Crippen molar-refractivity contribution < 1.29 is 19.4 Å². The Bertz CT molecular complexity index is 689. The van der Waals surface area contributed by atoms with Gasteiger partial charge >= 0.3 is 11.9 Å². The fourth-order valence-electron chi connectivity index (χ4n) is 4.50. The molecule has 1 atom stereocenters. The van der Waals surface area contributed by atoms with Gasteiger partial charge in [0, 0.05) is 12.8 Å². The van der Waals surface area contributed by atoms with Gasteiger partial charge < -0.3 is 9.84 Å². The normalized spacial score (nSPS) is 12.8. The van der Waals surface area contributed by atoms with Gasteiger partial charge in [0.2, 0.25) is 0 Å². The number of carbonyl (C=O) groups is 2. The Labute approximate surface area is 247 Å². The van der Waals surface area contributed by atoms with Gasteiger partial charge in [-0.1, -0.05) is 121 Å². The van der Waals surface area contributed by atoms with E-state index in [0.717, 1.165) is 64.2 Å². The Morgan fingerprint density at radius 3 is 1.70 bits per heavy atom. The Morgan fingerprint density at radius 1 is 0.575 bits per heavy atom. The van der Waals surface area contributed by atoms with Crippen LogP contribution >= 0.6 is 0 Å². The molecule has 0 aromatic carbocycles. The van der Waals surface area contributed by atoms with Gasteiger partial charge in [-0.15, -0.1) is 0 Å². The number of carbonyl (C=O) groups excluding carboxylic acids is 1. The van der Waals surface area contributed by atoms with Crippen LogP contribution in [-0.2, 0) is 14.3 Å². The van der Waals surface area contributed by atoms with Gasteiger partial charge in [0.1, 0.15) is 6.10 Å². The van der Waals surface area contributed by atoms with Crippen LogP contribution in [0.1, 0.15) is 162 Å². The molecule has 0 bridgehead atoms. The van der Waals surface area contributed by atoms with Gasteiger partial charge in [0.15, 0.2) is 0 Å². The first-order chi connectivity index (χ1) is 19.6. The number of carboxylic acids is 1. The van der Waals surface area contributed by atoms with Crippen molar-refractivity contribution in [3.8, 4) is 0 Å². The van der Waals surface area contributed by atoms with Crippen molar-refractivity contribution in [3.05, 3.63) is 48.6 Å². The molecule has 1 unspecified atom stereocenters. The standard InChI is InChI=1S/C36H62O4/c1-3-5-7-9-11-13-14-15-16-17-19-21-23-29-33-36(39)40-34(31-27-24-25-28-32-35(37)38)30-26-22-20-18-12-10-8-6-4-2/h9,11,14-15,18,20,26,30,34H,3-8,10,12-13,16-17,19,21-25,27-29,31-33H2,1-2H3,(H,37,38)/b11-9-,15-14-,20-18-,30-26-. The Kier molecular flexibility index (Phi) is 29.8. The SMILES string of the molecule is CCCC/C=C\C/C=C\CCCCCCCC(=O)OC(/C=C\C/C=C\CCCCCC)CCCCCCC(=O)O. The average molecular weight is 559 g/mol. The molecule has 0 spiro atoms. The molecule has 0 aromatic rings. The molecular formula is C36H62O4. The Balaban J connectivity index is 4.16. The van der Waals surface area contributed by atoms with E-state index in [1.807, 2.05) is 6.08 Å². The summed E-state index contributed by atoms with van der Waals surface area (Å²) in [6.07, 6.45) is 41.2. The number of hydrogen-bond donors (Lipinski definition) is 1.